The zero-order valence-corrected chi connectivity index (χ0v) is 16.2. The van der Waals surface area contributed by atoms with Gasteiger partial charge in [-0.2, -0.15) is 13.2 Å². The maximum atomic E-state index is 14.3. The summed E-state index contributed by atoms with van der Waals surface area (Å²) in [4.78, 5) is 11.0. The quantitative estimate of drug-likeness (QED) is 0.604. The van der Waals surface area contributed by atoms with Crippen molar-refractivity contribution in [2.45, 2.75) is 34.7 Å². The summed E-state index contributed by atoms with van der Waals surface area (Å²) in [6.45, 7) is 1.92. The molecule has 0 radical (unpaired) electrons. The number of nitrogens with one attached hydrogen (secondary N) is 1. The Morgan fingerprint density at radius 2 is 1.68 bits per heavy atom. The minimum absolute atomic E-state index is 0.0825. The van der Waals surface area contributed by atoms with Crippen molar-refractivity contribution in [3.63, 3.8) is 0 Å². The summed E-state index contributed by atoms with van der Waals surface area (Å²) in [5.74, 6) is -2.53. The fourth-order valence-electron chi connectivity index (χ4n) is 2.74. The van der Waals surface area contributed by atoms with Gasteiger partial charge in [-0.1, -0.05) is 29.4 Å². The Kier molecular flexibility index (Phi) is 8.15. The molecule has 0 aliphatic carbocycles. The van der Waals surface area contributed by atoms with E-state index in [1.54, 1.807) is 23.9 Å². The molecule has 3 rings (SSSR count). The molecule has 1 heterocycles. The third kappa shape index (κ3) is 6.68. The van der Waals surface area contributed by atoms with Crippen molar-refractivity contribution < 1.29 is 27.5 Å². The minimum Gasteiger partial charge on any atom is -0.475 e. The van der Waals surface area contributed by atoms with E-state index in [1.807, 2.05) is 30.3 Å². The van der Waals surface area contributed by atoms with Crippen molar-refractivity contribution in [2.24, 2.45) is 0 Å². The molecule has 0 aromatic heterocycles. The molecule has 0 atom stereocenters. The standard InChI is InChI=1S/C17H17ClFNS.C2HF3O2/c18-13-4-6-14(7-5-13)21-16-3-1-2-15(19)17(16)12-8-10-20-11-9-12;3-2(4,5)1(6)7/h1-7,12,20H,8-11H2;(H,6,7). The summed E-state index contributed by atoms with van der Waals surface area (Å²) in [6, 6.07) is 13.1. The number of halogens is 5. The smallest absolute Gasteiger partial charge is 0.475 e. The number of carboxylic acid groups (broad SMARTS) is 1. The van der Waals surface area contributed by atoms with Crippen LogP contribution in [0.15, 0.2) is 52.3 Å². The van der Waals surface area contributed by atoms with Gasteiger partial charge in [0.15, 0.2) is 0 Å². The number of aliphatic carboxylic acids is 1. The van der Waals surface area contributed by atoms with Gasteiger partial charge in [-0.05, 0) is 68.2 Å². The molecule has 1 aliphatic rings. The first-order chi connectivity index (χ1) is 13.2. The van der Waals surface area contributed by atoms with Gasteiger partial charge < -0.3 is 10.4 Å². The zero-order chi connectivity index (χ0) is 20.7. The molecule has 0 bridgehead atoms. The summed E-state index contributed by atoms with van der Waals surface area (Å²) in [5.41, 5.74) is 0.874. The first kappa shape index (κ1) is 22.5. The molecule has 0 spiro atoms. The van der Waals surface area contributed by atoms with Crippen LogP contribution in [-0.4, -0.2) is 30.3 Å². The number of carbonyl (C=O) groups is 1. The third-order valence-electron chi connectivity index (χ3n) is 4.04. The Hall–Kier alpha value is -1.77. The van der Waals surface area contributed by atoms with E-state index in [2.05, 4.69) is 5.32 Å². The van der Waals surface area contributed by atoms with E-state index >= 15 is 0 Å². The Morgan fingerprint density at radius 3 is 2.21 bits per heavy atom. The van der Waals surface area contributed by atoms with Crippen molar-refractivity contribution in [1.82, 2.24) is 5.32 Å². The molecule has 1 aliphatic heterocycles. The average Bonchev–Trinajstić information content (AvgIpc) is 2.64. The average molecular weight is 436 g/mol. The first-order valence-electron chi connectivity index (χ1n) is 8.41. The van der Waals surface area contributed by atoms with Crippen LogP contribution in [0.25, 0.3) is 0 Å². The van der Waals surface area contributed by atoms with Crippen molar-refractivity contribution in [2.75, 3.05) is 13.1 Å². The van der Waals surface area contributed by atoms with E-state index in [4.69, 9.17) is 21.5 Å². The highest BCUT2D eigenvalue weighted by atomic mass is 35.5. The molecule has 0 saturated carbocycles. The van der Waals surface area contributed by atoms with Crippen molar-refractivity contribution in [3.05, 3.63) is 58.9 Å². The summed E-state index contributed by atoms with van der Waals surface area (Å²) in [6.07, 6.45) is -3.09. The molecule has 2 aromatic carbocycles. The van der Waals surface area contributed by atoms with Gasteiger partial charge in [-0.15, -0.1) is 0 Å². The van der Waals surface area contributed by atoms with E-state index in [0.717, 1.165) is 46.3 Å². The molecule has 3 nitrogen and oxygen atoms in total. The lowest BCUT2D eigenvalue weighted by Gasteiger charge is -2.25. The SMILES string of the molecule is Fc1cccc(Sc2ccc(Cl)cc2)c1C1CCNCC1.O=C(O)C(F)(F)F. The second-order valence-electron chi connectivity index (χ2n) is 6.03. The van der Waals surface area contributed by atoms with Crippen LogP contribution in [0.3, 0.4) is 0 Å². The topological polar surface area (TPSA) is 49.3 Å². The predicted octanol–water partition coefficient (Wildman–Crippen LogP) is 5.73. The predicted molar refractivity (Wildman–Crippen MR) is 101 cm³/mol. The number of alkyl halides is 3. The van der Waals surface area contributed by atoms with Crippen LogP contribution < -0.4 is 5.32 Å². The van der Waals surface area contributed by atoms with Gasteiger partial charge in [0.25, 0.3) is 0 Å². The number of hydrogen-bond donors (Lipinski definition) is 2. The van der Waals surface area contributed by atoms with Crippen LogP contribution >= 0.6 is 23.4 Å². The maximum Gasteiger partial charge on any atom is 0.490 e. The summed E-state index contributed by atoms with van der Waals surface area (Å²) >= 11 is 7.53. The molecule has 2 N–H and O–H groups in total. The van der Waals surface area contributed by atoms with Crippen LogP contribution in [0, 0.1) is 5.82 Å². The molecule has 2 aromatic rings. The Morgan fingerprint density at radius 1 is 1.11 bits per heavy atom. The van der Waals surface area contributed by atoms with Gasteiger partial charge in [-0.3, -0.25) is 0 Å². The first-order valence-corrected chi connectivity index (χ1v) is 9.60. The molecule has 1 fully saturated rings. The highest BCUT2D eigenvalue weighted by Crippen LogP contribution is 2.38. The summed E-state index contributed by atoms with van der Waals surface area (Å²) in [7, 11) is 0. The van der Waals surface area contributed by atoms with E-state index in [0.29, 0.717) is 5.92 Å². The lowest BCUT2D eigenvalue weighted by Crippen LogP contribution is -2.27. The van der Waals surface area contributed by atoms with Crippen LogP contribution in [0.1, 0.15) is 24.3 Å². The molecular weight excluding hydrogens is 418 g/mol. The number of piperidine rings is 1. The monoisotopic (exact) mass is 435 g/mol. The Bertz CT molecular complexity index is 794. The van der Waals surface area contributed by atoms with Crippen LogP contribution in [0.4, 0.5) is 17.6 Å². The van der Waals surface area contributed by atoms with Gasteiger partial charge in [0.1, 0.15) is 5.82 Å². The number of hydrogen-bond acceptors (Lipinski definition) is 3. The van der Waals surface area contributed by atoms with Crippen LogP contribution in [0.5, 0.6) is 0 Å². The van der Waals surface area contributed by atoms with Gasteiger partial charge >= 0.3 is 12.1 Å². The molecule has 9 heteroatoms. The van der Waals surface area contributed by atoms with Gasteiger partial charge in [0, 0.05) is 20.4 Å². The lowest BCUT2D eigenvalue weighted by molar-refractivity contribution is -0.192. The van der Waals surface area contributed by atoms with E-state index in [1.165, 1.54) is 0 Å². The second kappa shape index (κ2) is 10.1. The van der Waals surface area contributed by atoms with Crippen molar-refractivity contribution in [1.29, 1.82) is 0 Å². The largest absolute Gasteiger partial charge is 0.490 e. The highest BCUT2D eigenvalue weighted by Gasteiger charge is 2.38. The fourth-order valence-corrected chi connectivity index (χ4v) is 3.92. The summed E-state index contributed by atoms with van der Waals surface area (Å²) < 4.78 is 46.1. The van der Waals surface area contributed by atoms with Crippen LogP contribution in [-0.2, 0) is 4.79 Å². The highest BCUT2D eigenvalue weighted by molar-refractivity contribution is 7.99. The molecule has 152 valence electrons. The van der Waals surface area contributed by atoms with E-state index < -0.39 is 12.1 Å². The number of rotatable bonds is 3. The number of carboxylic acids is 1. The van der Waals surface area contributed by atoms with Crippen LogP contribution in [0.2, 0.25) is 5.02 Å². The van der Waals surface area contributed by atoms with E-state index in [-0.39, 0.29) is 5.82 Å². The van der Waals surface area contributed by atoms with Gasteiger partial charge in [0.05, 0.1) is 0 Å². The minimum atomic E-state index is -5.08. The van der Waals surface area contributed by atoms with Gasteiger partial charge in [-0.25, -0.2) is 9.18 Å². The molecule has 0 amide bonds. The Balaban J connectivity index is 0.000000345. The molecule has 0 unspecified atom stereocenters. The molecule has 1 saturated heterocycles. The normalized spacial score (nSPS) is 14.9. The van der Waals surface area contributed by atoms with Gasteiger partial charge in [0.2, 0.25) is 0 Å². The molecular formula is C19H18ClF4NO2S. The molecule has 28 heavy (non-hydrogen) atoms. The summed E-state index contributed by atoms with van der Waals surface area (Å²) in [5, 5.41) is 11.2. The zero-order valence-electron chi connectivity index (χ0n) is 14.6. The lowest BCUT2D eigenvalue weighted by atomic mass is 9.90. The van der Waals surface area contributed by atoms with Crippen molar-refractivity contribution >= 4 is 29.3 Å². The fraction of sp³-hybridized carbons (Fsp3) is 0.316. The Labute approximate surface area is 169 Å². The number of benzene rings is 2. The van der Waals surface area contributed by atoms with Crippen molar-refractivity contribution in [3.8, 4) is 0 Å². The third-order valence-corrected chi connectivity index (χ3v) is 5.38. The second-order valence-corrected chi connectivity index (χ2v) is 7.59. The maximum absolute atomic E-state index is 14.3. The van der Waals surface area contributed by atoms with E-state index in [9.17, 15) is 17.6 Å².